The van der Waals surface area contributed by atoms with Crippen LogP contribution >= 0.6 is 0 Å². The van der Waals surface area contributed by atoms with Crippen molar-refractivity contribution >= 4 is 11.6 Å². The van der Waals surface area contributed by atoms with Crippen LogP contribution in [0.2, 0.25) is 0 Å². The molecule has 2 aliphatic rings. The van der Waals surface area contributed by atoms with Crippen LogP contribution in [0.15, 0.2) is 53.5 Å². The normalized spacial score (nSPS) is 22.4. The second-order valence-electron chi connectivity index (χ2n) is 8.37. The summed E-state index contributed by atoms with van der Waals surface area (Å²) in [6, 6.07) is 17.2. The van der Waals surface area contributed by atoms with E-state index in [-0.39, 0.29) is 6.10 Å². The average Bonchev–Trinajstić information content (AvgIpc) is 3.26. The number of anilines is 1. The van der Waals surface area contributed by atoms with Gasteiger partial charge in [0.15, 0.2) is 5.96 Å². The van der Waals surface area contributed by atoms with Crippen LogP contribution in [-0.2, 0) is 4.74 Å². The number of aryl methyl sites for hydroxylation is 1. The maximum atomic E-state index is 6.05. The van der Waals surface area contributed by atoms with Gasteiger partial charge in [-0.25, -0.2) is 0 Å². The third kappa shape index (κ3) is 4.46. The summed E-state index contributed by atoms with van der Waals surface area (Å²) in [5, 5.41) is 3.63. The number of hydrogen-bond donors (Lipinski definition) is 1. The third-order valence-electron chi connectivity index (χ3n) is 6.57. The Balaban J connectivity index is 1.33. The predicted octanol–water partition coefficient (Wildman–Crippen LogP) is 3.78. The smallest absolute Gasteiger partial charge is 0.193 e. The molecule has 2 aromatic rings. The number of hydrogen-bond acceptors (Lipinski definition) is 3. The molecule has 0 saturated carbocycles. The maximum Gasteiger partial charge on any atom is 0.193 e. The van der Waals surface area contributed by atoms with E-state index in [0.717, 1.165) is 51.7 Å². The zero-order valence-corrected chi connectivity index (χ0v) is 18.5. The van der Waals surface area contributed by atoms with Gasteiger partial charge in [-0.3, -0.25) is 4.99 Å². The average molecular weight is 407 g/mol. The molecule has 30 heavy (non-hydrogen) atoms. The highest BCUT2D eigenvalue weighted by atomic mass is 16.5. The first-order valence-electron chi connectivity index (χ1n) is 11.1. The Labute approximate surface area is 180 Å². The van der Waals surface area contributed by atoms with Crippen LogP contribution in [-0.4, -0.2) is 57.2 Å². The zero-order chi connectivity index (χ0) is 20.9. The molecule has 4 rings (SSSR count). The number of ether oxygens (including phenoxy) is 1. The highest BCUT2D eigenvalue weighted by molar-refractivity contribution is 5.80. The number of nitrogens with zero attached hydrogens (tertiary/aromatic N) is 3. The van der Waals surface area contributed by atoms with Crippen LogP contribution in [0.1, 0.15) is 29.2 Å². The Morgan fingerprint density at radius 1 is 1.03 bits per heavy atom. The van der Waals surface area contributed by atoms with Crippen molar-refractivity contribution in [1.82, 2.24) is 10.2 Å². The Kier molecular flexibility index (Phi) is 6.58. The Morgan fingerprint density at radius 2 is 1.80 bits per heavy atom. The van der Waals surface area contributed by atoms with Crippen molar-refractivity contribution in [1.29, 1.82) is 0 Å². The van der Waals surface area contributed by atoms with E-state index in [0.29, 0.717) is 5.92 Å². The van der Waals surface area contributed by atoms with Crippen molar-refractivity contribution in [2.45, 2.75) is 26.4 Å². The number of guanidine groups is 1. The molecule has 2 heterocycles. The molecule has 2 unspecified atom stereocenters. The number of piperazine rings is 1. The largest absolute Gasteiger partial charge is 0.373 e. The molecule has 1 N–H and O–H groups in total. The minimum atomic E-state index is 0.179. The quantitative estimate of drug-likeness (QED) is 0.620. The molecule has 2 aromatic carbocycles. The van der Waals surface area contributed by atoms with Crippen LogP contribution in [0.4, 0.5) is 5.69 Å². The van der Waals surface area contributed by atoms with Crippen LogP contribution in [0.25, 0.3) is 0 Å². The standard InChI is InChI=1S/C25H34N4O/c1-19-8-7-11-23(20(19)2)28-13-15-29(16-14-28)25(26-3)27-18-22-12-17-30-24(22)21-9-5-4-6-10-21/h4-11,22,24H,12-18H2,1-3H3,(H,26,27). The second-order valence-corrected chi connectivity index (χ2v) is 8.37. The van der Waals surface area contributed by atoms with Crippen LogP contribution in [0.5, 0.6) is 0 Å². The van der Waals surface area contributed by atoms with Gasteiger partial charge in [-0.2, -0.15) is 0 Å². The molecule has 5 heteroatoms. The fourth-order valence-electron chi connectivity index (χ4n) is 4.65. The third-order valence-corrected chi connectivity index (χ3v) is 6.57. The lowest BCUT2D eigenvalue weighted by atomic mass is 9.95. The summed E-state index contributed by atoms with van der Waals surface area (Å²) in [6.45, 7) is 10.1. The highest BCUT2D eigenvalue weighted by Crippen LogP contribution is 2.34. The van der Waals surface area contributed by atoms with E-state index in [1.54, 1.807) is 0 Å². The van der Waals surface area contributed by atoms with E-state index in [1.165, 1.54) is 22.4 Å². The first-order valence-corrected chi connectivity index (χ1v) is 11.1. The molecular formula is C25H34N4O. The van der Waals surface area contributed by atoms with E-state index in [1.807, 2.05) is 7.05 Å². The Bertz CT molecular complexity index is 859. The van der Waals surface area contributed by atoms with Crippen molar-refractivity contribution in [3.8, 4) is 0 Å². The fourth-order valence-corrected chi connectivity index (χ4v) is 4.65. The summed E-state index contributed by atoms with van der Waals surface area (Å²) in [5.74, 6) is 1.48. The van der Waals surface area contributed by atoms with Gasteiger partial charge >= 0.3 is 0 Å². The SMILES string of the molecule is CN=C(NCC1CCOC1c1ccccc1)N1CCN(c2cccc(C)c2C)CC1. The second kappa shape index (κ2) is 9.52. The Hall–Kier alpha value is -2.53. The lowest BCUT2D eigenvalue weighted by molar-refractivity contribution is 0.0913. The first kappa shape index (κ1) is 20.7. The van der Waals surface area contributed by atoms with Gasteiger partial charge in [-0.05, 0) is 43.0 Å². The van der Waals surface area contributed by atoms with E-state index in [4.69, 9.17) is 4.74 Å². The highest BCUT2D eigenvalue weighted by Gasteiger charge is 2.30. The molecule has 2 atom stereocenters. The number of rotatable bonds is 4. The molecule has 0 aliphatic carbocycles. The van der Waals surface area contributed by atoms with Crippen molar-refractivity contribution in [3.63, 3.8) is 0 Å². The first-order chi connectivity index (χ1) is 14.7. The molecular weight excluding hydrogens is 372 g/mol. The molecule has 2 saturated heterocycles. The van der Waals surface area contributed by atoms with Gasteiger partial charge in [0.05, 0.1) is 6.10 Å². The molecule has 0 spiro atoms. The summed E-state index contributed by atoms with van der Waals surface area (Å²) in [7, 11) is 1.89. The predicted molar refractivity (Wildman–Crippen MR) is 124 cm³/mol. The lowest BCUT2D eigenvalue weighted by Gasteiger charge is -2.38. The number of benzene rings is 2. The molecule has 0 amide bonds. The summed E-state index contributed by atoms with van der Waals surface area (Å²) < 4.78 is 6.05. The van der Waals surface area contributed by atoms with Crippen LogP contribution in [0, 0.1) is 19.8 Å². The molecule has 0 aromatic heterocycles. The molecule has 2 fully saturated rings. The van der Waals surface area contributed by atoms with Gasteiger partial charge in [0.2, 0.25) is 0 Å². The molecule has 0 radical (unpaired) electrons. The summed E-state index contributed by atoms with van der Waals surface area (Å²) in [6.07, 6.45) is 1.27. The minimum absolute atomic E-state index is 0.179. The van der Waals surface area contributed by atoms with Gasteiger partial charge in [-0.15, -0.1) is 0 Å². The van der Waals surface area contributed by atoms with Crippen molar-refractivity contribution < 1.29 is 4.74 Å². The van der Waals surface area contributed by atoms with E-state index < -0.39 is 0 Å². The molecule has 2 aliphatic heterocycles. The lowest BCUT2D eigenvalue weighted by Crippen LogP contribution is -2.53. The van der Waals surface area contributed by atoms with Crippen molar-refractivity contribution in [3.05, 3.63) is 65.2 Å². The number of aliphatic imine (C=N–C) groups is 1. The topological polar surface area (TPSA) is 40.1 Å². The minimum Gasteiger partial charge on any atom is -0.373 e. The van der Waals surface area contributed by atoms with Gasteiger partial charge in [0.1, 0.15) is 0 Å². The van der Waals surface area contributed by atoms with E-state index in [2.05, 4.69) is 82.5 Å². The fraction of sp³-hybridized carbons (Fsp3) is 0.480. The Morgan fingerprint density at radius 3 is 2.53 bits per heavy atom. The van der Waals surface area contributed by atoms with Gasteiger partial charge in [-0.1, -0.05) is 42.5 Å². The molecule has 5 nitrogen and oxygen atoms in total. The van der Waals surface area contributed by atoms with Crippen molar-refractivity contribution in [2.24, 2.45) is 10.9 Å². The maximum absolute atomic E-state index is 6.05. The monoisotopic (exact) mass is 406 g/mol. The summed E-state index contributed by atoms with van der Waals surface area (Å²) >= 11 is 0. The summed E-state index contributed by atoms with van der Waals surface area (Å²) in [4.78, 5) is 9.46. The van der Waals surface area contributed by atoms with E-state index in [9.17, 15) is 0 Å². The molecule has 0 bridgehead atoms. The summed E-state index contributed by atoms with van der Waals surface area (Å²) in [5.41, 5.74) is 5.39. The number of nitrogens with one attached hydrogen (secondary N) is 1. The van der Waals surface area contributed by atoms with Crippen LogP contribution in [0.3, 0.4) is 0 Å². The van der Waals surface area contributed by atoms with Crippen molar-refractivity contribution in [2.75, 3.05) is 51.3 Å². The molecule has 160 valence electrons. The van der Waals surface area contributed by atoms with Gasteiger partial charge in [0.25, 0.3) is 0 Å². The van der Waals surface area contributed by atoms with E-state index >= 15 is 0 Å². The van der Waals surface area contributed by atoms with Gasteiger partial charge < -0.3 is 19.9 Å². The zero-order valence-electron chi connectivity index (χ0n) is 18.5. The van der Waals surface area contributed by atoms with Gasteiger partial charge in [0, 0.05) is 58.0 Å². The van der Waals surface area contributed by atoms with Crippen LogP contribution < -0.4 is 10.2 Å².